The Morgan fingerprint density at radius 2 is 0.804 bits per heavy atom. The molecular formula is C54H38N2. The maximum Gasteiger partial charge on any atom is 0.0560 e. The van der Waals surface area contributed by atoms with E-state index in [1.165, 1.54) is 88.1 Å². The number of hydrogen-bond acceptors (Lipinski definition) is 0. The zero-order chi connectivity index (χ0) is 37.0. The molecule has 0 aliphatic heterocycles. The molecule has 2 heteroatoms. The maximum atomic E-state index is 2.52. The van der Waals surface area contributed by atoms with Crippen LogP contribution in [0.4, 0.5) is 0 Å². The van der Waals surface area contributed by atoms with E-state index in [0.29, 0.717) is 0 Å². The largest absolute Gasteiger partial charge is 0.333 e. The van der Waals surface area contributed by atoms with Crippen molar-refractivity contribution in [3.63, 3.8) is 0 Å². The number of rotatable bonds is 6. The quantitative estimate of drug-likeness (QED) is 0.162. The van der Waals surface area contributed by atoms with Gasteiger partial charge in [-0.3, -0.25) is 0 Å². The van der Waals surface area contributed by atoms with Crippen molar-refractivity contribution in [2.24, 2.45) is 0 Å². The molecule has 2 nitrogen and oxygen atoms in total. The first-order chi connectivity index (χ1) is 27.8. The topological polar surface area (TPSA) is 9.86 Å². The molecule has 0 spiro atoms. The molecule has 11 rings (SSSR count). The van der Waals surface area contributed by atoms with Gasteiger partial charge in [0.25, 0.3) is 0 Å². The normalized spacial score (nSPS) is 14.2. The van der Waals surface area contributed by atoms with Crippen LogP contribution in [0.3, 0.4) is 0 Å². The first-order valence-electron chi connectivity index (χ1n) is 19.5. The number of fused-ring (bicyclic) bond motifs is 6. The molecule has 2 aromatic heterocycles. The van der Waals surface area contributed by atoms with Gasteiger partial charge in [-0.05, 0) is 112 Å². The summed E-state index contributed by atoms with van der Waals surface area (Å²) < 4.78 is 4.89. The molecule has 0 amide bonds. The van der Waals surface area contributed by atoms with E-state index in [9.17, 15) is 0 Å². The van der Waals surface area contributed by atoms with Crippen molar-refractivity contribution in [3.8, 4) is 39.1 Å². The Morgan fingerprint density at radius 1 is 0.357 bits per heavy atom. The molecule has 10 aromatic rings. The molecule has 0 bridgehead atoms. The van der Waals surface area contributed by atoms with Crippen LogP contribution in [0.2, 0.25) is 0 Å². The molecule has 0 N–H and O–H groups in total. The van der Waals surface area contributed by atoms with Crippen LogP contribution in [0.15, 0.2) is 212 Å². The van der Waals surface area contributed by atoms with E-state index in [4.69, 9.17) is 0 Å². The van der Waals surface area contributed by atoms with E-state index in [-0.39, 0.29) is 6.04 Å². The Kier molecular flexibility index (Phi) is 7.67. The van der Waals surface area contributed by atoms with E-state index in [1.54, 1.807) is 0 Å². The minimum atomic E-state index is 0.248. The highest BCUT2D eigenvalue weighted by Crippen LogP contribution is 2.39. The molecule has 1 unspecified atom stereocenters. The van der Waals surface area contributed by atoms with Crippen molar-refractivity contribution >= 4 is 49.2 Å². The lowest BCUT2D eigenvalue weighted by Gasteiger charge is -2.21. The number of nitrogens with zero attached hydrogens (tertiary/aromatic N) is 2. The summed E-state index contributed by atoms with van der Waals surface area (Å²) in [5.41, 5.74) is 15.9. The summed E-state index contributed by atoms with van der Waals surface area (Å²) in [5, 5.41) is 5.18. The molecule has 1 atom stereocenters. The molecule has 2 heterocycles. The summed E-state index contributed by atoms with van der Waals surface area (Å²) in [5.74, 6) is 0. The lowest BCUT2D eigenvalue weighted by atomic mass is 9.90. The Bertz CT molecular complexity index is 3050. The summed E-state index contributed by atoms with van der Waals surface area (Å²) in [4.78, 5) is 0. The van der Waals surface area contributed by atoms with Crippen LogP contribution in [0, 0.1) is 0 Å². The van der Waals surface area contributed by atoms with Gasteiger partial charge in [-0.2, -0.15) is 0 Å². The van der Waals surface area contributed by atoms with E-state index in [0.717, 1.165) is 12.1 Å². The van der Waals surface area contributed by atoms with Crippen LogP contribution in [-0.2, 0) is 0 Å². The Balaban J connectivity index is 0.948. The van der Waals surface area contributed by atoms with Crippen LogP contribution in [0.5, 0.6) is 0 Å². The molecule has 0 fully saturated rings. The van der Waals surface area contributed by atoms with Crippen LogP contribution < -0.4 is 0 Å². The lowest BCUT2D eigenvalue weighted by Crippen LogP contribution is -2.08. The Hall–Kier alpha value is -7.16. The molecule has 0 radical (unpaired) electrons. The summed E-state index contributed by atoms with van der Waals surface area (Å²) in [7, 11) is 0. The first-order valence-corrected chi connectivity index (χ1v) is 19.5. The first kappa shape index (κ1) is 32.3. The maximum absolute atomic E-state index is 2.52. The van der Waals surface area contributed by atoms with Gasteiger partial charge in [0.2, 0.25) is 0 Å². The summed E-state index contributed by atoms with van der Waals surface area (Å²) in [6.07, 6.45) is 8.09. The second-order valence-electron chi connectivity index (χ2n) is 14.9. The number of allylic oxidation sites excluding steroid dienone is 4. The van der Waals surface area contributed by atoms with Crippen molar-refractivity contribution in [3.05, 3.63) is 218 Å². The van der Waals surface area contributed by atoms with Crippen molar-refractivity contribution in [2.75, 3.05) is 0 Å². The van der Waals surface area contributed by atoms with Gasteiger partial charge < -0.3 is 9.13 Å². The third-order valence-electron chi connectivity index (χ3n) is 11.6. The zero-order valence-corrected chi connectivity index (χ0v) is 30.9. The number of para-hydroxylation sites is 4. The Labute approximate surface area is 326 Å². The SMILES string of the molecule is C1=CC(n2c3ccccc3c3ccccc32)CC=C1c1cc(-c2ccccc2)cc(-c2cccc(-c3ccc(-n4c5ccccc5c5ccccc54)cc3)c2)c1. The predicted molar refractivity (Wildman–Crippen MR) is 237 cm³/mol. The molecule has 0 saturated carbocycles. The molecule has 8 aromatic carbocycles. The van der Waals surface area contributed by atoms with E-state index < -0.39 is 0 Å². The highest BCUT2D eigenvalue weighted by molar-refractivity contribution is 6.09. The summed E-state index contributed by atoms with van der Waals surface area (Å²) in [6.45, 7) is 0. The minimum absolute atomic E-state index is 0.248. The summed E-state index contributed by atoms with van der Waals surface area (Å²) >= 11 is 0. The second-order valence-corrected chi connectivity index (χ2v) is 14.9. The third-order valence-corrected chi connectivity index (χ3v) is 11.6. The van der Waals surface area contributed by atoms with Crippen LogP contribution in [-0.4, -0.2) is 9.13 Å². The molecule has 1 aliphatic carbocycles. The fourth-order valence-electron chi connectivity index (χ4n) is 8.96. The van der Waals surface area contributed by atoms with Crippen molar-refractivity contribution in [1.29, 1.82) is 0 Å². The average molecular weight is 715 g/mol. The molecule has 1 aliphatic rings. The second kappa shape index (κ2) is 13.3. The minimum Gasteiger partial charge on any atom is -0.333 e. The van der Waals surface area contributed by atoms with Gasteiger partial charge in [0.1, 0.15) is 0 Å². The fourth-order valence-corrected chi connectivity index (χ4v) is 8.96. The fraction of sp³-hybridized carbons (Fsp3) is 0.0370. The number of aromatic nitrogens is 2. The van der Waals surface area contributed by atoms with Crippen LogP contribution >= 0.6 is 0 Å². The third kappa shape index (κ3) is 5.41. The van der Waals surface area contributed by atoms with Gasteiger partial charge in [0, 0.05) is 38.3 Å². The lowest BCUT2D eigenvalue weighted by molar-refractivity contribution is 0.649. The van der Waals surface area contributed by atoms with Crippen molar-refractivity contribution < 1.29 is 0 Å². The number of hydrogen-bond donors (Lipinski definition) is 0. The summed E-state index contributed by atoms with van der Waals surface area (Å²) in [6, 6.07) is 71.1. The van der Waals surface area contributed by atoms with Gasteiger partial charge in [0.15, 0.2) is 0 Å². The van der Waals surface area contributed by atoms with E-state index >= 15 is 0 Å². The Morgan fingerprint density at radius 3 is 1.39 bits per heavy atom. The standard InChI is InChI=1S/C54H38N2/c1-2-13-37(14-3-1)42-34-43(39-27-31-46(32-28-39)56-53-23-10-6-19-49(53)50-20-7-11-24-54(50)56)36-44(35-42)41-16-12-15-40(33-41)38-25-29-45(30-26-38)55-51-21-8-4-17-47(51)48-18-5-9-22-52(48)55/h1-31,33-36,46H,32H2. The highest BCUT2D eigenvalue weighted by atomic mass is 15.0. The van der Waals surface area contributed by atoms with Gasteiger partial charge in [-0.1, -0.05) is 152 Å². The van der Waals surface area contributed by atoms with E-state index in [2.05, 4.69) is 221 Å². The zero-order valence-electron chi connectivity index (χ0n) is 30.9. The van der Waals surface area contributed by atoms with Gasteiger partial charge in [0.05, 0.1) is 17.1 Å². The molecule has 56 heavy (non-hydrogen) atoms. The molecule has 264 valence electrons. The average Bonchev–Trinajstić information content (AvgIpc) is 3.80. The highest BCUT2D eigenvalue weighted by Gasteiger charge is 2.19. The monoisotopic (exact) mass is 714 g/mol. The molecule has 0 saturated heterocycles. The predicted octanol–water partition coefficient (Wildman–Crippen LogP) is 14.5. The smallest absolute Gasteiger partial charge is 0.0560 e. The molecular weight excluding hydrogens is 677 g/mol. The van der Waals surface area contributed by atoms with Crippen molar-refractivity contribution in [2.45, 2.75) is 12.5 Å². The van der Waals surface area contributed by atoms with Gasteiger partial charge >= 0.3 is 0 Å². The van der Waals surface area contributed by atoms with Gasteiger partial charge in [-0.25, -0.2) is 0 Å². The van der Waals surface area contributed by atoms with E-state index in [1.807, 2.05) is 0 Å². The van der Waals surface area contributed by atoms with Crippen LogP contribution in [0.1, 0.15) is 18.0 Å². The van der Waals surface area contributed by atoms with Gasteiger partial charge in [-0.15, -0.1) is 0 Å². The number of benzene rings is 8. The van der Waals surface area contributed by atoms with Crippen molar-refractivity contribution in [1.82, 2.24) is 9.13 Å². The van der Waals surface area contributed by atoms with Crippen LogP contribution in [0.25, 0.3) is 88.3 Å².